The van der Waals surface area contributed by atoms with Gasteiger partial charge < -0.3 is 15.0 Å². The quantitative estimate of drug-likeness (QED) is 0.818. The number of nitrogens with one attached hydrogen (secondary N) is 1. The van der Waals surface area contributed by atoms with Crippen molar-refractivity contribution in [1.29, 1.82) is 0 Å². The number of likely N-dealkylation sites (tertiary alicyclic amines) is 1. The molecule has 7 nitrogen and oxygen atoms in total. The highest BCUT2D eigenvalue weighted by Gasteiger charge is 2.34. The van der Waals surface area contributed by atoms with Gasteiger partial charge in [-0.15, -0.1) is 0 Å². The normalized spacial score (nSPS) is 19.1. The molecule has 30 heavy (non-hydrogen) atoms. The fourth-order valence-corrected chi connectivity index (χ4v) is 4.44. The smallest absolute Gasteiger partial charge is 0.259 e. The maximum Gasteiger partial charge on any atom is 0.259 e. The molecule has 1 saturated heterocycles. The van der Waals surface area contributed by atoms with Crippen molar-refractivity contribution in [2.75, 3.05) is 25.5 Å². The molecule has 1 aliphatic heterocycles. The fourth-order valence-electron chi connectivity index (χ4n) is 4.44. The van der Waals surface area contributed by atoms with Crippen LogP contribution in [0.15, 0.2) is 30.5 Å². The van der Waals surface area contributed by atoms with Crippen molar-refractivity contribution in [3.05, 3.63) is 47.5 Å². The average Bonchev–Trinajstić information content (AvgIpc) is 3.46. The number of hydrogen-bond acceptors (Lipinski definition) is 5. The van der Waals surface area contributed by atoms with Crippen LogP contribution in [0.5, 0.6) is 5.75 Å². The highest BCUT2D eigenvalue weighted by Crippen LogP contribution is 2.31. The van der Waals surface area contributed by atoms with E-state index >= 15 is 0 Å². The molecule has 1 atom stereocenters. The first kappa shape index (κ1) is 20.3. The van der Waals surface area contributed by atoms with E-state index in [4.69, 9.17) is 4.74 Å². The standard InChI is InChI=1S/C23H28N4O3/c1-15-18(22(28)26-19-9-5-6-10-20(19)30-2)13-24-21(25-15)17-11-12-27(14-17)23(29)16-7-3-4-8-16/h5-6,9-10,13,16-17H,3-4,7-8,11-12,14H2,1-2H3,(H,26,28)/t17-/m0/s1. The number of ether oxygens (including phenoxy) is 1. The zero-order valence-electron chi connectivity index (χ0n) is 17.6. The Hall–Kier alpha value is -2.96. The van der Waals surface area contributed by atoms with Crippen LogP contribution in [-0.2, 0) is 4.79 Å². The summed E-state index contributed by atoms with van der Waals surface area (Å²) < 4.78 is 5.29. The summed E-state index contributed by atoms with van der Waals surface area (Å²) in [6, 6.07) is 7.26. The molecule has 4 rings (SSSR count). The third kappa shape index (κ3) is 4.15. The van der Waals surface area contributed by atoms with Gasteiger partial charge >= 0.3 is 0 Å². The minimum Gasteiger partial charge on any atom is -0.495 e. The third-order valence-electron chi connectivity index (χ3n) is 6.17. The van der Waals surface area contributed by atoms with Crippen LogP contribution in [0.1, 0.15) is 59.9 Å². The molecule has 0 unspecified atom stereocenters. The molecule has 2 aliphatic rings. The number of carbonyl (C=O) groups excluding carboxylic acids is 2. The molecular weight excluding hydrogens is 380 g/mol. The van der Waals surface area contributed by atoms with Crippen LogP contribution >= 0.6 is 0 Å². The van der Waals surface area contributed by atoms with E-state index in [0.29, 0.717) is 41.0 Å². The van der Waals surface area contributed by atoms with Gasteiger partial charge in [-0.1, -0.05) is 25.0 Å². The summed E-state index contributed by atoms with van der Waals surface area (Å²) in [6.45, 7) is 3.25. The molecule has 7 heteroatoms. The number of nitrogens with zero attached hydrogens (tertiary/aromatic N) is 3. The van der Waals surface area contributed by atoms with Crippen molar-refractivity contribution in [3.63, 3.8) is 0 Å². The summed E-state index contributed by atoms with van der Waals surface area (Å²) >= 11 is 0. The van der Waals surface area contributed by atoms with Gasteiger partial charge in [0.05, 0.1) is 24.1 Å². The molecule has 2 amide bonds. The van der Waals surface area contributed by atoms with E-state index in [9.17, 15) is 9.59 Å². The highest BCUT2D eigenvalue weighted by atomic mass is 16.5. The number of carbonyl (C=O) groups is 2. The minimum atomic E-state index is -0.270. The number of aryl methyl sites for hydroxylation is 1. The Morgan fingerprint density at radius 2 is 1.93 bits per heavy atom. The Kier molecular flexibility index (Phi) is 5.97. The molecule has 1 saturated carbocycles. The monoisotopic (exact) mass is 408 g/mol. The molecule has 158 valence electrons. The molecule has 1 aliphatic carbocycles. The molecule has 2 fully saturated rings. The summed E-state index contributed by atoms with van der Waals surface area (Å²) in [4.78, 5) is 36.5. The molecule has 1 aromatic carbocycles. The fraction of sp³-hybridized carbons (Fsp3) is 0.478. The molecule has 1 N–H and O–H groups in total. The SMILES string of the molecule is COc1ccccc1NC(=O)c1cnc([C@H]2CCN(C(=O)C3CCCC3)C2)nc1C. The lowest BCUT2D eigenvalue weighted by Gasteiger charge is -2.20. The van der Waals surface area contributed by atoms with Gasteiger partial charge in [0.15, 0.2) is 0 Å². The van der Waals surface area contributed by atoms with Gasteiger partial charge in [-0.25, -0.2) is 9.97 Å². The van der Waals surface area contributed by atoms with Gasteiger partial charge in [0.25, 0.3) is 5.91 Å². The molecular formula is C23H28N4O3. The van der Waals surface area contributed by atoms with Crippen LogP contribution in [0.3, 0.4) is 0 Å². The predicted molar refractivity (Wildman–Crippen MR) is 114 cm³/mol. The number of para-hydroxylation sites is 2. The number of aromatic nitrogens is 2. The Balaban J connectivity index is 1.43. The molecule has 2 aromatic rings. The lowest BCUT2D eigenvalue weighted by Crippen LogP contribution is -2.33. The first-order valence-corrected chi connectivity index (χ1v) is 10.6. The zero-order chi connectivity index (χ0) is 21.1. The third-order valence-corrected chi connectivity index (χ3v) is 6.17. The van der Waals surface area contributed by atoms with E-state index < -0.39 is 0 Å². The van der Waals surface area contributed by atoms with Crippen LogP contribution < -0.4 is 10.1 Å². The first-order chi connectivity index (χ1) is 14.6. The van der Waals surface area contributed by atoms with Gasteiger partial charge in [-0.05, 0) is 38.3 Å². The number of amides is 2. The summed E-state index contributed by atoms with van der Waals surface area (Å²) in [7, 11) is 1.57. The van der Waals surface area contributed by atoms with Gasteiger partial charge in [-0.3, -0.25) is 9.59 Å². The number of methoxy groups -OCH3 is 1. The van der Waals surface area contributed by atoms with Crippen molar-refractivity contribution in [2.24, 2.45) is 5.92 Å². The second kappa shape index (κ2) is 8.81. The van der Waals surface area contributed by atoms with Crippen LogP contribution in [0.2, 0.25) is 0 Å². The maximum absolute atomic E-state index is 12.7. The van der Waals surface area contributed by atoms with E-state index in [1.54, 1.807) is 25.4 Å². The summed E-state index contributed by atoms with van der Waals surface area (Å²) in [6.07, 6.45) is 6.81. The first-order valence-electron chi connectivity index (χ1n) is 10.6. The lowest BCUT2D eigenvalue weighted by molar-refractivity contribution is -0.134. The van der Waals surface area contributed by atoms with Crippen molar-refractivity contribution in [2.45, 2.75) is 44.9 Å². The van der Waals surface area contributed by atoms with Crippen molar-refractivity contribution < 1.29 is 14.3 Å². The van der Waals surface area contributed by atoms with E-state index in [-0.39, 0.29) is 17.7 Å². The highest BCUT2D eigenvalue weighted by molar-refractivity contribution is 6.05. The Bertz CT molecular complexity index is 940. The van der Waals surface area contributed by atoms with Gasteiger partial charge in [-0.2, -0.15) is 0 Å². The maximum atomic E-state index is 12.7. The van der Waals surface area contributed by atoms with Crippen LogP contribution in [-0.4, -0.2) is 46.9 Å². The zero-order valence-corrected chi connectivity index (χ0v) is 17.6. The molecule has 0 spiro atoms. The van der Waals surface area contributed by atoms with Crippen LogP contribution in [0.4, 0.5) is 5.69 Å². The second-order valence-electron chi connectivity index (χ2n) is 8.13. The van der Waals surface area contributed by atoms with Crippen LogP contribution in [0.25, 0.3) is 0 Å². The Morgan fingerprint density at radius 1 is 1.17 bits per heavy atom. The summed E-state index contributed by atoms with van der Waals surface area (Å²) in [5.41, 5.74) is 1.67. The van der Waals surface area contributed by atoms with E-state index in [1.165, 1.54) is 0 Å². The van der Waals surface area contributed by atoms with Crippen molar-refractivity contribution >= 4 is 17.5 Å². The summed E-state index contributed by atoms with van der Waals surface area (Å²) in [5, 5.41) is 2.86. The van der Waals surface area contributed by atoms with Crippen molar-refractivity contribution in [1.82, 2.24) is 14.9 Å². The molecule has 0 radical (unpaired) electrons. The predicted octanol–water partition coefficient (Wildman–Crippen LogP) is 3.55. The number of benzene rings is 1. The number of hydrogen-bond donors (Lipinski definition) is 1. The minimum absolute atomic E-state index is 0.125. The second-order valence-corrected chi connectivity index (χ2v) is 8.13. The molecule has 0 bridgehead atoms. The van der Waals surface area contributed by atoms with E-state index in [1.807, 2.05) is 24.0 Å². The number of rotatable bonds is 5. The van der Waals surface area contributed by atoms with Gasteiger partial charge in [0.2, 0.25) is 5.91 Å². The largest absolute Gasteiger partial charge is 0.495 e. The topological polar surface area (TPSA) is 84.4 Å². The number of anilines is 1. The Morgan fingerprint density at radius 3 is 2.67 bits per heavy atom. The van der Waals surface area contributed by atoms with E-state index in [2.05, 4.69) is 15.3 Å². The van der Waals surface area contributed by atoms with Crippen LogP contribution in [0, 0.1) is 12.8 Å². The van der Waals surface area contributed by atoms with E-state index in [0.717, 1.165) is 38.6 Å². The molecule has 2 heterocycles. The van der Waals surface area contributed by atoms with Gasteiger partial charge in [0, 0.05) is 31.1 Å². The summed E-state index contributed by atoms with van der Waals surface area (Å²) in [5.74, 6) is 1.66. The van der Waals surface area contributed by atoms with Gasteiger partial charge in [0.1, 0.15) is 11.6 Å². The average molecular weight is 409 g/mol. The lowest BCUT2D eigenvalue weighted by atomic mass is 10.1. The molecule has 1 aromatic heterocycles. The van der Waals surface area contributed by atoms with Crippen molar-refractivity contribution in [3.8, 4) is 5.75 Å². The Labute approximate surface area is 176 Å².